The number of amides is 1. The van der Waals surface area contributed by atoms with E-state index in [1.807, 2.05) is 12.1 Å². The minimum atomic E-state index is -0.192. The summed E-state index contributed by atoms with van der Waals surface area (Å²) in [6.07, 6.45) is 3.95. The summed E-state index contributed by atoms with van der Waals surface area (Å²) in [6, 6.07) is 7.06. The summed E-state index contributed by atoms with van der Waals surface area (Å²) in [7, 11) is 2.13. The Bertz CT molecular complexity index is 532. The maximum Gasteiger partial charge on any atom is 0.223 e. The van der Waals surface area contributed by atoms with E-state index >= 15 is 0 Å². The lowest BCUT2D eigenvalue weighted by molar-refractivity contribution is -0.127. The maximum absolute atomic E-state index is 13.0. The van der Waals surface area contributed by atoms with Crippen molar-refractivity contribution in [2.45, 2.75) is 38.3 Å². The van der Waals surface area contributed by atoms with Crippen molar-refractivity contribution in [3.8, 4) is 0 Å². The van der Waals surface area contributed by atoms with Crippen LogP contribution >= 0.6 is 0 Å². The minimum Gasteiger partial charge on any atom is -0.353 e. The van der Waals surface area contributed by atoms with E-state index in [-0.39, 0.29) is 17.6 Å². The zero-order valence-corrected chi connectivity index (χ0v) is 14.5. The van der Waals surface area contributed by atoms with Gasteiger partial charge in [-0.15, -0.1) is 0 Å². The number of rotatable bonds is 4. The van der Waals surface area contributed by atoms with Gasteiger partial charge in [-0.25, -0.2) is 4.39 Å². The third-order valence-electron chi connectivity index (χ3n) is 5.34. The van der Waals surface area contributed by atoms with Gasteiger partial charge < -0.3 is 10.2 Å². The lowest BCUT2D eigenvalue weighted by Crippen LogP contribution is -2.47. The highest BCUT2D eigenvalue weighted by atomic mass is 19.1. The van der Waals surface area contributed by atoms with Crippen molar-refractivity contribution in [3.63, 3.8) is 0 Å². The summed E-state index contributed by atoms with van der Waals surface area (Å²) in [4.78, 5) is 17.1. The molecule has 3 rings (SSSR count). The van der Waals surface area contributed by atoms with Crippen LogP contribution in [0.1, 0.15) is 31.2 Å². The van der Waals surface area contributed by atoms with Crippen molar-refractivity contribution >= 4 is 5.91 Å². The topological polar surface area (TPSA) is 35.6 Å². The first-order valence-corrected chi connectivity index (χ1v) is 9.06. The molecule has 0 bridgehead atoms. The molecule has 1 aromatic rings. The second-order valence-corrected chi connectivity index (χ2v) is 7.26. The summed E-state index contributed by atoms with van der Waals surface area (Å²) < 4.78 is 13.0. The molecule has 0 unspecified atom stereocenters. The summed E-state index contributed by atoms with van der Waals surface area (Å²) >= 11 is 0. The molecule has 0 aromatic heterocycles. The highest BCUT2D eigenvalue weighted by Gasteiger charge is 2.27. The Morgan fingerprint density at radius 1 is 1.08 bits per heavy atom. The van der Waals surface area contributed by atoms with Crippen LogP contribution in [0.25, 0.3) is 0 Å². The lowest BCUT2D eigenvalue weighted by Gasteiger charge is -2.34. The quantitative estimate of drug-likeness (QED) is 0.918. The third-order valence-corrected chi connectivity index (χ3v) is 5.34. The van der Waals surface area contributed by atoms with Crippen LogP contribution in [0.5, 0.6) is 0 Å². The van der Waals surface area contributed by atoms with Crippen molar-refractivity contribution < 1.29 is 9.18 Å². The number of piperidine rings is 2. The fourth-order valence-electron chi connectivity index (χ4n) is 3.67. The van der Waals surface area contributed by atoms with E-state index in [1.165, 1.54) is 12.1 Å². The predicted octanol–water partition coefficient (Wildman–Crippen LogP) is 2.25. The third kappa shape index (κ3) is 4.77. The van der Waals surface area contributed by atoms with Gasteiger partial charge in [-0.3, -0.25) is 9.69 Å². The van der Waals surface area contributed by atoms with Crippen LogP contribution in [0.2, 0.25) is 0 Å². The Kier molecular flexibility index (Phi) is 5.85. The van der Waals surface area contributed by atoms with Gasteiger partial charge in [0.2, 0.25) is 5.91 Å². The van der Waals surface area contributed by atoms with Gasteiger partial charge in [0.25, 0.3) is 0 Å². The lowest BCUT2D eigenvalue weighted by atomic mass is 9.94. The summed E-state index contributed by atoms with van der Waals surface area (Å²) in [5.41, 5.74) is 1.13. The van der Waals surface area contributed by atoms with E-state index in [0.717, 1.165) is 64.0 Å². The molecule has 132 valence electrons. The van der Waals surface area contributed by atoms with Crippen LogP contribution in [-0.2, 0) is 11.3 Å². The van der Waals surface area contributed by atoms with Crippen molar-refractivity contribution in [1.29, 1.82) is 0 Å². The summed E-state index contributed by atoms with van der Waals surface area (Å²) in [5.74, 6) is 0.197. The Hall–Kier alpha value is -1.46. The Balaban J connectivity index is 1.41. The van der Waals surface area contributed by atoms with Crippen molar-refractivity contribution in [3.05, 3.63) is 35.6 Å². The fourth-order valence-corrected chi connectivity index (χ4v) is 3.67. The number of carbonyl (C=O) groups is 1. The standard InChI is InChI=1S/C19H28FN3O/c1-22-10-8-18(9-11-22)21-19(24)16-6-12-23(13-7-16)14-15-2-4-17(20)5-3-15/h2-5,16,18H,6-14H2,1H3,(H,21,24). The van der Waals surface area contributed by atoms with Gasteiger partial charge in [-0.05, 0) is 76.6 Å². The molecule has 24 heavy (non-hydrogen) atoms. The number of carbonyl (C=O) groups excluding carboxylic acids is 1. The van der Waals surface area contributed by atoms with Crippen molar-refractivity contribution in [2.75, 3.05) is 33.2 Å². The molecular formula is C19H28FN3O. The van der Waals surface area contributed by atoms with E-state index in [4.69, 9.17) is 0 Å². The van der Waals surface area contributed by atoms with Gasteiger partial charge in [-0.1, -0.05) is 12.1 Å². The molecule has 2 heterocycles. The largest absolute Gasteiger partial charge is 0.353 e. The van der Waals surface area contributed by atoms with Gasteiger partial charge in [0.1, 0.15) is 5.82 Å². The Morgan fingerprint density at radius 2 is 1.71 bits per heavy atom. The number of hydrogen-bond donors (Lipinski definition) is 1. The monoisotopic (exact) mass is 333 g/mol. The number of benzene rings is 1. The first-order valence-electron chi connectivity index (χ1n) is 9.06. The minimum absolute atomic E-state index is 0.147. The average molecular weight is 333 g/mol. The molecule has 2 fully saturated rings. The fraction of sp³-hybridized carbons (Fsp3) is 0.632. The van der Waals surface area contributed by atoms with Gasteiger partial charge in [0.15, 0.2) is 0 Å². The number of likely N-dealkylation sites (tertiary alicyclic amines) is 2. The van der Waals surface area contributed by atoms with E-state index in [1.54, 1.807) is 0 Å². The zero-order chi connectivity index (χ0) is 16.9. The molecule has 1 aromatic carbocycles. The van der Waals surface area contributed by atoms with E-state index < -0.39 is 0 Å². The molecule has 0 aliphatic carbocycles. The van der Waals surface area contributed by atoms with Crippen LogP contribution in [0.15, 0.2) is 24.3 Å². The molecule has 5 heteroatoms. The van der Waals surface area contributed by atoms with E-state index in [9.17, 15) is 9.18 Å². The zero-order valence-electron chi connectivity index (χ0n) is 14.5. The average Bonchev–Trinajstić information content (AvgIpc) is 2.59. The molecule has 0 radical (unpaired) electrons. The Labute approximate surface area is 144 Å². The first-order chi connectivity index (χ1) is 11.6. The van der Waals surface area contributed by atoms with E-state index in [0.29, 0.717) is 6.04 Å². The second kappa shape index (κ2) is 8.08. The van der Waals surface area contributed by atoms with Gasteiger partial charge in [0.05, 0.1) is 0 Å². The molecule has 2 aliphatic heterocycles. The number of nitrogens with one attached hydrogen (secondary N) is 1. The van der Waals surface area contributed by atoms with E-state index in [2.05, 4.69) is 22.2 Å². The van der Waals surface area contributed by atoms with Gasteiger partial charge in [0, 0.05) is 18.5 Å². The van der Waals surface area contributed by atoms with Gasteiger partial charge >= 0.3 is 0 Å². The smallest absolute Gasteiger partial charge is 0.223 e. The highest BCUT2D eigenvalue weighted by Crippen LogP contribution is 2.20. The molecule has 0 spiro atoms. The van der Waals surface area contributed by atoms with Crippen LogP contribution in [0.4, 0.5) is 4.39 Å². The Morgan fingerprint density at radius 3 is 2.33 bits per heavy atom. The van der Waals surface area contributed by atoms with Gasteiger partial charge in [-0.2, -0.15) is 0 Å². The van der Waals surface area contributed by atoms with Crippen molar-refractivity contribution in [2.24, 2.45) is 5.92 Å². The molecule has 4 nitrogen and oxygen atoms in total. The van der Waals surface area contributed by atoms with Crippen LogP contribution in [0, 0.1) is 11.7 Å². The predicted molar refractivity (Wildman–Crippen MR) is 93.1 cm³/mol. The molecule has 0 atom stereocenters. The number of hydrogen-bond acceptors (Lipinski definition) is 3. The first kappa shape index (κ1) is 17.4. The number of halogens is 1. The molecule has 0 saturated carbocycles. The summed E-state index contributed by atoms with van der Waals surface area (Å²) in [5, 5.41) is 3.25. The highest BCUT2D eigenvalue weighted by molar-refractivity contribution is 5.79. The van der Waals surface area contributed by atoms with Crippen LogP contribution in [-0.4, -0.2) is 55.0 Å². The molecular weight excluding hydrogens is 305 g/mol. The second-order valence-electron chi connectivity index (χ2n) is 7.26. The molecule has 1 N–H and O–H groups in total. The molecule has 1 amide bonds. The molecule has 2 saturated heterocycles. The van der Waals surface area contributed by atoms with Crippen LogP contribution in [0.3, 0.4) is 0 Å². The normalized spacial score (nSPS) is 21.8. The van der Waals surface area contributed by atoms with Crippen LogP contribution < -0.4 is 5.32 Å². The maximum atomic E-state index is 13.0. The van der Waals surface area contributed by atoms with Crippen molar-refractivity contribution in [1.82, 2.24) is 15.1 Å². The number of nitrogens with zero attached hydrogens (tertiary/aromatic N) is 2. The summed E-state index contributed by atoms with van der Waals surface area (Å²) in [6.45, 7) is 4.84. The molecule has 2 aliphatic rings. The SMILES string of the molecule is CN1CCC(NC(=O)C2CCN(Cc3ccc(F)cc3)CC2)CC1.